The first kappa shape index (κ1) is 33.0. The summed E-state index contributed by atoms with van der Waals surface area (Å²) >= 11 is 0. The molecule has 0 aromatic heterocycles. The minimum atomic E-state index is -2.62. The van der Waals surface area contributed by atoms with Crippen LogP contribution in [0, 0.1) is 5.92 Å². The number of hydrogen-bond acceptors (Lipinski definition) is 13. The molecule has 2 aromatic rings. The molecule has 1 unspecified atom stereocenters. The third kappa shape index (κ3) is 5.40. The highest BCUT2D eigenvalue weighted by atomic mass is 16.6. The molecule has 0 aliphatic carbocycles. The first-order valence-electron chi connectivity index (χ1n) is 14.6. The molecule has 5 rings (SSSR count). The number of amides is 1. The highest BCUT2D eigenvalue weighted by molar-refractivity contribution is 6.02. The van der Waals surface area contributed by atoms with E-state index in [0.29, 0.717) is 0 Å². The molecule has 0 N–H and O–H groups in total. The normalized spacial score (nSPS) is 29.5. The molecule has 3 fully saturated rings. The van der Waals surface area contributed by atoms with E-state index in [1.807, 2.05) is 60.7 Å². The van der Waals surface area contributed by atoms with Crippen molar-refractivity contribution in [2.24, 2.45) is 5.92 Å². The molecule has 46 heavy (non-hydrogen) atoms. The van der Waals surface area contributed by atoms with Gasteiger partial charge in [0.05, 0.1) is 60.7 Å². The van der Waals surface area contributed by atoms with Crippen LogP contribution in [-0.2, 0) is 70.3 Å². The summed E-state index contributed by atoms with van der Waals surface area (Å²) in [6.07, 6.45) is -3.22. The number of hydrazine groups is 1. The zero-order valence-electron chi connectivity index (χ0n) is 25.9. The van der Waals surface area contributed by atoms with Gasteiger partial charge in [-0.1, -0.05) is 60.7 Å². The molecule has 0 saturated carbocycles. The maximum Gasteiger partial charge on any atom is 0.362 e. The number of benzene rings is 2. The Morgan fingerprint density at radius 3 is 2.00 bits per heavy atom. The molecule has 3 heterocycles. The maximum absolute atomic E-state index is 14.0. The highest BCUT2D eigenvalue weighted by Gasteiger charge is 2.84. The van der Waals surface area contributed by atoms with E-state index in [0.717, 1.165) is 44.6 Å². The van der Waals surface area contributed by atoms with Crippen molar-refractivity contribution < 1.29 is 57.1 Å². The molecule has 3 aliphatic rings. The van der Waals surface area contributed by atoms with Gasteiger partial charge in [0.2, 0.25) is 5.91 Å². The number of methoxy groups -OCH3 is 4. The van der Waals surface area contributed by atoms with Crippen molar-refractivity contribution in [3.63, 3.8) is 0 Å². The third-order valence-electron chi connectivity index (χ3n) is 8.59. The number of nitrogens with zero attached hydrogens (tertiary/aromatic N) is 2. The van der Waals surface area contributed by atoms with Gasteiger partial charge in [-0.25, -0.2) is 14.6 Å². The lowest BCUT2D eigenvalue weighted by molar-refractivity contribution is -0.241. The first-order valence-corrected chi connectivity index (χ1v) is 14.6. The van der Waals surface area contributed by atoms with Crippen molar-refractivity contribution in [3.05, 3.63) is 71.8 Å². The topological polar surface area (TPSA) is 156 Å². The molecule has 0 spiro atoms. The number of carbonyl (C=O) groups is 5. The molecule has 14 nitrogen and oxygen atoms in total. The van der Waals surface area contributed by atoms with Crippen molar-refractivity contribution >= 4 is 29.8 Å². The van der Waals surface area contributed by atoms with E-state index in [-0.39, 0.29) is 26.2 Å². The lowest BCUT2D eigenvalue weighted by Crippen LogP contribution is -2.68. The van der Waals surface area contributed by atoms with Crippen LogP contribution in [0.1, 0.15) is 24.0 Å². The van der Waals surface area contributed by atoms with E-state index in [4.69, 9.17) is 33.2 Å². The summed E-state index contributed by atoms with van der Waals surface area (Å²) in [6.45, 7) is 0.0648. The molecule has 1 amide bonds. The van der Waals surface area contributed by atoms with Crippen LogP contribution in [-0.4, -0.2) is 104 Å². The van der Waals surface area contributed by atoms with Gasteiger partial charge in [0.1, 0.15) is 18.1 Å². The lowest BCUT2D eigenvalue weighted by atomic mass is 9.73. The van der Waals surface area contributed by atoms with Crippen LogP contribution in [0.5, 0.6) is 0 Å². The fourth-order valence-corrected chi connectivity index (χ4v) is 6.73. The Bertz CT molecular complexity index is 1460. The van der Waals surface area contributed by atoms with Gasteiger partial charge < -0.3 is 33.2 Å². The standard InChI is InChI=1S/C32H36N2O12/c1-40-25(36)16-31(29(38)42-3)27(28(37)41-2)32(30(39)43-4)34-24(35)15-22(33(31)34)26(45-18-21-13-9-6-10-14-21)23(46-32)19-44-17-20-11-7-5-8-12-20/h5-14,22-23,26-27H,15-19H2,1-4H3/t22-,23+,26-,27+,31+,32-/m0/s1. The molecule has 14 heteroatoms. The van der Waals surface area contributed by atoms with Crippen LogP contribution in [0.15, 0.2) is 60.7 Å². The second-order valence-corrected chi connectivity index (χ2v) is 11.1. The minimum absolute atomic E-state index is 0.0520. The highest BCUT2D eigenvalue weighted by Crippen LogP contribution is 2.58. The van der Waals surface area contributed by atoms with E-state index >= 15 is 0 Å². The van der Waals surface area contributed by atoms with Gasteiger partial charge in [-0.3, -0.25) is 14.4 Å². The summed E-state index contributed by atoms with van der Waals surface area (Å²) in [7, 11) is 4.24. The van der Waals surface area contributed by atoms with Gasteiger partial charge in [0.15, 0.2) is 5.54 Å². The number of rotatable bonds is 12. The van der Waals surface area contributed by atoms with E-state index in [1.54, 1.807) is 0 Å². The van der Waals surface area contributed by atoms with Gasteiger partial charge in [0, 0.05) is 6.42 Å². The predicted octanol–water partition coefficient (Wildman–Crippen LogP) is 1.15. The predicted molar refractivity (Wildman–Crippen MR) is 155 cm³/mol. The number of esters is 4. The zero-order chi connectivity index (χ0) is 33.1. The Balaban J connectivity index is 1.69. The molecule has 4 bridgehead atoms. The Kier molecular flexibility index (Phi) is 9.72. The van der Waals surface area contributed by atoms with Crippen LogP contribution in [0.3, 0.4) is 0 Å². The van der Waals surface area contributed by atoms with E-state index in [1.165, 1.54) is 5.01 Å². The summed E-state index contributed by atoms with van der Waals surface area (Å²) < 4.78 is 39.4. The summed E-state index contributed by atoms with van der Waals surface area (Å²) in [5.74, 6) is -6.99. The zero-order valence-corrected chi connectivity index (χ0v) is 25.9. The van der Waals surface area contributed by atoms with Crippen molar-refractivity contribution in [3.8, 4) is 0 Å². The summed E-state index contributed by atoms with van der Waals surface area (Å²) in [5.41, 5.74) is -3.31. The molecule has 0 radical (unpaired) electrons. The molecule has 7 atom stereocenters. The molecular weight excluding hydrogens is 604 g/mol. The third-order valence-corrected chi connectivity index (χ3v) is 8.59. The van der Waals surface area contributed by atoms with E-state index in [2.05, 4.69) is 0 Å². The quantitative estimate of drug-likeness (QED) is 0.241. The van der Waals surface area contributed by atoms with Gasteiger partial charge in [0.25, 0.3) is 5.72 Å². The molecule has 3 saturated heterocycles. The van der Waals surface area contributed by atoms with Crippen LogP contribution in [0.2, 0.25) is 0 Å². The fourth-order valence-electron chi connectivity index (χ4n) is 6.73. The largest absolute Gasteiger partial charge is 0.469 e. The molecule has 3 aliphatic heterocycles. The Morgan fingerprint density at radius 1 is 0.826 bits per heavy atom. The summed E-state index contributed by atoms with van der Waals surface area (Å²) in [6, 6.07) is 17.5. The average Bonchev–Trinajstić information content (AvgIpc) is 3.51. The van der Waals surface area contributed by atoms with Crippen LogP contribution in [0.25, 0.3) is 0 Å². The second-order valence-electron chi connectivity index (χ2n) is 11.1. The molecule has 246 valence electrons. The number of ether oxygens (including phenoxy) is 7. The SMILES string of the molecule is COC(=O)C[C@]1(C(=O)OC)[C@@H](C(=O)OC)[C@@]2(C(=O)OC)O[C@H](COCc3ccccc3)[C@@H](OCc3ccccc3)[C@@H]3CC(=O)N2N31. The number of carbonyl (C=O) groups excluding carboxylic acids is 5. The molecular formula is C32H36N2O12. The van der Waals surface area contributed by atoms with Crippen LogP contribution < -0.4 is 0 Å². The minimum Gasteiger partial charge on any atom is -0.469 e. The average molecular weight is 641 g/mol. The van der Waals surface area contributed by atoms with Gasteiger partial charge >= 0.3 is 23.9 Å². The van der Waals surface area contributed by atoms with E-state index < -0.39 is 71.6 Å². The first-order chi connectivity index (χ1) is 22.2. The van der Waals surface area contributed by atoms with Crippen molar-refractivity contribution in [2.45, 2.75) is 55.6 Å². The van der Waals surface area contributed by atoms with Crippen LogP contribution in [0.4, 0.5) is 0 Å². The Morgan fingerprint density at radius 2 is 1.43 bits per heavy atom. The Labute approximate surface area is 265 Å². The van der Waals surface area contributed by atoms with E-state index in [9.17, 15) is 24.0 Å². The van der Waals surface area contributed by atoms with Gasteiger partial charge in [-0.2, -0.15) is 5.01 Å². The smallest absolute Gasteiger partial charge is 0.362 e. The molecule has 2 aromatic carbocycles. The van der Waals surface area contributed by atoms with Crippen molar-refractivity contribution in [1.29, 1.82) is 0 Å². The summed E-state index contributed by atoms with van der Waals surface area (Å²) in [5, 5.41) is 2.10. The maximum atomic E-state index is 14.0. The van der Waals surface area contributed by atoms with Crippen molar-refractivity contribution in [2.75, 3.05) is 35.0 Å². The lowest BCUT2D eigenvalue weighted by Gasteiger charge is -2.44. The van der Waals surface area contributed by atoms with Crippen LogP contribution >= 0.6 is 0 Å². The Hall–Kier alpha value is -4.37. The monoisotopic (exact) mass is 640 g/mol. The number of hydrogen-bond donors (Lipinski definition) is 0. The van der Waals surface area contributed by atoms with Gasteiger partial charge in [-0.05, 0) is 11.1 Å². The summed E-state index contributed by atoms with van der Waals surface area (Å²) in [4.78, 5) is 68.7. The fraction of sp³-hybridized carbons (Fsp3) is 0.469. The van der Waals surface area contributed by atoms with Crippen molar-refractivity contribution in [1.82, 2.24) is 10.0 Å². The second kappa shape index (κ2) is 13.5. The van der Waals surface area contributed by atoms with Gasteiger partial charge in [-0.15, -0.1) is 0 Å².